The van der Waals surface area contributed by atoms with Gasteiger partial charge in [0.15, 0.2) is 0 Å². The molecule has 0 aliphatic carbocycles. The summed E-state index contributed by atoms with van der Waals surface area (Å²) in [4.78, 5) is 23.6. The molecule has 2 aromatic carbocycles. The molecule has 6 rings (SSSR count). The second-order valence-corrected chi connectivity index (χ2v) is 13.0. The van der Waals surface area contributed by atoms with Gasteiger partial charge in [0.2, 0.25) is 5.88 Å². The summed E-state index contributed by atoms with van der Waals surface area (Å²) in [7, 11) is 2.03. The van der Waals surface area contributed by atoms with Gasteiger partial charge in [0.25, 0.3) is 0 Å². The molecule has 1 fully saturated rings. The predicted octanol–water partition coefficient (Wildman–Crippen LogP) is 6.73. The van der Waals surface area contributed by atoms with Crippen LogP contribution in [-0.4, -0.2) is 57.9 Å². The Kier molecular flexibility index (Phi) is 7.54. The minimum absolute atomic E-state index is 0.0154. The zero-order chi connectivity index (χ0) is 30.6. The number of amides is 1. The van der Waals surface area contributed by atoms with E-state index in [1.54, 1.807) is 26.8 Å². The van der Waals surface area contributed by atoms with Crippen molar-refractivity contribution in [2.75, 3.05) is 25.5 Å². The zero-order valence-corrected chi connectivity index (χ0v) is 25.6. The van der Waals surface area contributed by atoms with Gasteiger partial charge in [-0.3, -0.25) is 5.32 Å². The molecule has 4 aromatic rings. The van der Waals surface area contributed by atoms with Crippen molar-refractivity contribution in [2.24, 2.45) is 0 Å². The number of hydrogen-bond acceptors (Lipinski definition) is 10. The van der Waals surface area contributed by atoms with Gasteiger partial charge < -0.3 is 24.2 Å². The largest absolute Gasteiger partial charge is 0.493 e. The Morgan fingerprint density at radius 2 is 2.07 bits per heavy atom. The maximum atomic E-state index is 15.2. The monoisotopic (exact) mass is 625 g/mol. The van der Waals surface area contributed by atoms with Crippen molar-refractivity contribution in [2.45, 2.75) is 58.5 Å². The second-order valence-electron chi connectivity index (χ2n) is 11.6. The van der Waals surface area contributed by atoms with E-state index in [0.717, 1.165) is 30.7 Å². The number of nitrogens with zero attached hydrogens (tertiary/aromatic N) is 4. The number of rotatable bonds is 5. The van der Waals surface area contributed by atoms with Crippen molar-refractivity contribution in [3.8, 4) is 29.1 Å². The summed E-state index contributed by atoms with van der Waals surface area (Å²) >= 11 is 8.00. The van der Waals surface area contributed by atoms with E-state index in [2.05, 4.69) is 26.3 Å². The molecule has 1 amide bonds. The molecule has 0 unspecified atom stereocenters. The van der Waals surface area contributed by atoms with E-state index < -0.39 is 17.5 Å². The molecule has 2 aliphatic heterocycles. The van der Waals surface area contributed by atoms with E-state index in [4.69, 9.17) is 25.8 Å². The van der Waals surface area contributed by atoms with Crippen LogP contribution in [0.2, 0.25) is 5.02 Å². The molecule has 43 heavy (non-hydrogen) atoms. The highest BCUT2D eigenvalue weighted by Crippen LogP contribution is 2.49. The maximum absolute atomic E-state index is 15.2. The van der Waals surface area contributed by atoms with Crippen LogP contribution in [0.1, 0.15) is 50.3 Å². The standard InChI is InChI=1S/C30H29ClFN5O5S/c1-30(2,3)42-29(39)36-27-16(10-33)21-15(7-8-19(32)25(21)43-27)20-17-12-40-13-18(17)22-24(23(20)31)34-28(35-26(22)38)41-11-14-6-5-9-37(14)4/h7-8,14H,5-6,9,11-13H2,1-4H3,(H,36,39)(H,34,35,38)/t14-/m0/s1. The van der Waals surface area contributed by atoms with Crippen molar-refractivity contribution in [3.05, 3.63) is 39.7 Å². The van der Waals surface area contributed by atoms with Gasteiger partial charge in [-0.05, 0) is 70.0 Å². The molecule has 224 valence electrons. The summed E-state index contributed by atoms with van der Waals surface area (Å²) in [6.45, 7) is 6.83. The zero-order valence-electron chi connectivity index (χ0n) is 24.0. The normalized spacial score (nSPS) is 16.9. The molecule has 0 spiro atoms. The van der Waals surface area contributed by atoms with Gasteiger partial charge in [0.05, 0.1) is 33.9 Å². The number of likely N-dealkylation sites (tertiary alicyclic amines) is 1. The number of nitriles is 1. The van der Waals surface area contributed by atoms with E-state index in [-0.39, 0.29) is 62.3 Å². The van der Waals surface area contributed by atoms with Gasteiger partial charge in [-0.1, -0.05) is 17.7 Å². The summed E-state index contributed by atoms with van der Waals surface area (Å²) in [6, 6.07) is 5.15. The summed E-state index contributed by atoms with van der Waals surface area (Å²) in [6.07, 6.45) is 1.29. The Labute approximate surface area is 255 Å². The number of fused-ring (bicyclic) bond motifs is 4. The van der Waals surface area contributed by atoms with Crippen LogP contribution in [0.15, 0.2) is 12.1 Å². The fraction of sp³-hybridized carbons (Fsp3) is 0.400. The number of carbonyl (C=O) groups excluding carboxylic acids is 1. The summed E-state index contributed by atoms with van der Waals surface area (Å²) in [5, 5.41) is 24.8. The van der Waals surface area contributed by atoms with E-state index in [9.17, 15) is 15.2 Å². The average molecular weight is 626 g/mol. The first-order valence-electron chi connectivity index (χ1n) is 13.8. The van der Waals surface area contributed by atoms with Crippen molar-refractivity contribution in [1.29, 1.82) is 5.26 Å². The molecular formula is C30H29ClFN5O5S. The van der Waals surface area contributed by atoms with Crippen LogP contribution in [0, 0.1) is 17.1 Å². The number of aromatic hydroxyl groups is 1. The third-order valence-electron chi connectivity index (χ3n) is 7.62. The molecule has 2 aromatic heterocycles. The van der Waals surface area contributed by atoms with Crippen molar-refractivity contribution < 1.29 is 28.5 Å². The van der Waals surface area contributed by atoms with Gasteiger partial charge in [0, 0.05) is 17.0 Å². The number of benzene rings is 2. The number of carbonyl (C=O) groups is 1. The van der Waals surface area contributed by atoms with Crippen LogP contribution in [0.4, 0.5) is 14.2 Å². The number of aromatic nitrogens is 2. The number of anilines is 1. The number of halogens is 2. The Hall–Kier alpha value is -3.76. The fourth-order valence-corrected chi connectivity index (χ4v) is 7.09. The molecule has 4 heterocycles. The minimum atomic E-state index is -0.772. The Morgan fingerprint density at radius 1 is 1.30 bits per heavy atom. The van der Waals surface area contributed by atoms with E-state index in [0.29, 0.717) is 34.2 Å². The molecule has 0 bridgehead atoms. The molecule has 1 atom stereocenters. The van der Waals surface area contributed by atoms with Crippen LogP contribution in [0.5, 0.6) is 11.9 Å². The van der Waals surface area contributed by atoms with Gasteiger partial charge in [-0.25, -0.2) is 9.18 Å². The van der Waals surface area contributed by atoms with E-state index >= 15 is 4.39 Å². The lowest BCUT2D eigenvalue weighted by Crippen LogP contribution is -2.30. The van der Waals surface area contributed by atoms with Crippen molar-refractivity contribution in [1.82, 2.24) is 14.9 Å². The van der Waals surface area contributed by atoms with Crippen LogP contribution in [0.25, 0.3) is 32.1 Å². The minimum Gasteiger partial charge on any atom is -0.493 e. The number of ether oxygens (including phenoxy) is 3. The smallest absolute Gasteiger partial charge is 0.412 e. The first kappa shape index (κ1) is 29.3. The molecule has 10 nitrogen and oxygen atoms in total. The SMILES string of the molecule is CN1CCC[C@H]1COc1nc(O)c2c3c(c(-c4ccc(F)c5sc(NC(=O)OC(C)(C)C)c(C#N)c45)c(Cl)c2n1)COC3. The average Bonchev–Trinajstić information content (AvgIpc) is 3.66. The molecule has 13 heteroatoms. The van der Waals surface area contributed by atoms with Gasteiger partial charge in [-0.15, -0.1) is 11.3 Å². The molecule has 2 aliphatic rings. The summed E-state index contributed by atoms with van der Waals surface area (Å²) in [5.41, 5.74) is 1.81. The van der Waals surface area contributed by atoms with Gasteiger partial charge in [0.1, 0.15) is 34.6 Å². The Balaban J connectivity index is 1.51. The summed E-state index contributed by atoms with van der Waals surface area (Å²) < 4.78 is 32.4. The highest BCUT2D eigenvalue weighted by Gasteiger charge is 2.31. The summed E-state index contributed by atoms with van der Waals surface area (Å²) in [5.74, 6) is -0.842. The Morgan fingerprint density at radius 3 is 2.77 bits per heavy atom. The molecule has 0 radical (unpaired) electrons. The highest BCUT2D eigenvalue weighted by molar-refractivity contribution is 7.23. The first-order chi connectivity index (χ1) is 20.5. The van der Waals surface area contributed by atoms with Crippen molar-refractivity contribution >= 4 is 55.0 Å². The number of nitrogens with one attached hydrogen (secondary N) is 1. The van der Waals surface area contributed by atoms with Gasteiger partial charge in [-0.2, -0.15) is 15.2 Å². The van der Waals surface area contributed by atoms with Crippen LogP contribution in [-0.2, 0) is 22.7 Å². The number of likely N-dealkylation sites (N-methyl/N-ethyl adjacent to an activating group) is 1. The topological polar surface area (TPSA) is 130 Å². The lowest BCUT2D eigenvalue weighted by Gasteiger charge is -2.20. The fourth-order valence-electron chi connectivity index (χ4n) is 5.67. The lowest BCUT2D eigenvalue weighted by atomic mass is 9.91. The van der Waals surface area contributed by atoms with E-state index in [1.807, 2.05) is 7.05 Å². The predicted molar refractivity (Wildman–Crippen MR) is 161 cm³/mol. The van der Waals surface area contributed by atoms with Crippen LogP contribution in [0.3, 0.4) is 0 Å². The third kappa shape index (κ3) is 5.31. The Bertz CT molecular complexity index is 1830. The van der Waals surface area contributed by atoms with Crippen LogP contribution >= 0.6 is 22.9 Å². The lowest BCUT2D eigenvalue weighted by molar-refractivity contribution is 0.0636. The van der Waals surface area contributed by atoms with Crippen molar-refractivity contribution in [3.63, 3.8) is 0 Å². The quantitative estimate of drug-likeness (QED) is 0.248. The molecular weight excluding hydrogens is 597 g/mol. The first-order valence-corrected chi connectivity index (χ1v) is 15.0. The maximum Gasteiger partial charge on any atom is 0.412 e. The molecule has 2 N–H and O–H groups in total. The van der Waals surface area contributed by atoms with E-state index in [1.165, 1.54) is 6.07 Å². The third-order valence-corrected chi connectivity index (χ3v) is 9.10. The van der Waals surface area contributed by atoms with Crippen LogP contribution < -0.4 is 10.1 Å². The molecule has 1 saturated heterocycles. The number of hydrogen-bond donors (Lipinski definition) is 2. The van der Waals surface area contributed by atoms with Gasteiger partial charge >= 0.3 is 12.1 Å². The highest BCUT2D eigenvalue weighted by atomic mass is 35.5. The number of thiophene rings is 1. The second kappa shape index (κ2) is 11.1. The molecule has 0 saturated carbocycles.